The Balaban J connectivity index is 0.00000588. The standard InChI is InChI=1S/C39H58N.HI/c1-2-3-4-5-6-7-8-9-10-11-12-13-14-15-16-26-33-40(34-37-27-20-17-21-28-37,35-38-29-22-18-23-30-38)36-39-31-24-19-25-32-39;/h17-25,27-32H,2-16,26,33-36H2,1H3;1H/q+1;/p-1. The van der Waals surface area contributed by atoms with Crippen LogP contribution in [0.4, 0.5) is 0 Å². The van der Waals surface area contributed by atoms with Gasteiger partial charge in [0.2, 0.25) is 0 Å². The van der Waals surface area contributed by atoms with E-state index in [0.29, 0.717) is 0 Å². The number of hydrogen-bond acceptors (Lipinski definition) is 0. The third kappa shape index (κ3) is 16.0. The molecule has 0 amide bonds. The first kappa shape index (κ1) is 35.5. The molecule has 0 fully saturated rings. The molecule has 1 nitrogen and oxygen atoms in total. The molecule has 0 aromatic heterocycles. The second-order valence-corrected chi connectivity index (χ2v) is 12.3. The quantitative estimate of drug-likeness (QED) is 0.0540. The molecule has 0 N–H and O–H groups in total. The molecular formula is C39H58IN. The highest BCUT2D eigenvalue weighted by atomic mass is 127. The summed E-state index contributed by atoms with van der Waals surface area (Å²) < 4.78 is 1.09. The van der Waals surface area contributed by atoms with Crippen LogP contribution in [0.25, 0.3) is 0 Å². The van der Waals surface area contributed by atoms with E-state index in [-0.39, 0.29) is 24.0 Å². The number of hydrogen-bond donors (Lipinski definition) is 0. The van der Waals surface area contributed by atoms with E-state index >= 15 is 0 Å². The van der Waals surface area contributed by atoms with Crippen LogP contribution in [0.5, 0.6) is 0 Å². The second-order valence-electron chi connectivity index (χ2n) is 12.3. The monoisotopic (exact) mass is 667 g/mol. The molecule has 0 heterocycles. The molecule has 0 bridgehead atoms. The molecule has 41 heavy (non-hydrogen) atoms. The zero-order valence-electron chi connectivity index (χ0n) is 26.1. The highest BCUT2D eigenvalue weighted by molar-refractivity contribution is 5.17. The number of halogens is 1. The van der Waals surface area contributed by atoms with Crippen LogP contribution < -0.4 is 24.0 Å². The van der Waals surface area contributed by atoms with E-state index in [4.69, 9.17) is 0 Å². The van der Waals surface area contributed by atoms with Crippen LogP contribution in [-0.4, -0.2) is 11.0 Å². The second kappa shape index (κ2) is 22.9. The maximum Gasteiger partial charge on any atom is 0.105 e. The molecule has 0 aliphatic rings. The first-order valence-corrected chi connectivity index (χ1v) is 16.8. The molecule has 0 saturated heterocycles. The summed E-state index contributed by atoms with van der Waals surface area (Å²) >= 11 is 0. The van der Waals surface area contributed by atoms with Crippen LogP contribution in [0.1, 0.15) is 126 Å². The molecule has 0 saturated carbocycles. The molecule has 0 spiro atoms. The topological polar surface area (TPSA) is 0 Å². The predicted molar refractivity (Wildman–Crippen MR) is 175 cm³/mol. The van der Waals surface area contributed by atoms with E-state index in [1.165, 1.54) is 126 Å². The lowest BCUT2D eigenvalue weighted by molar-refractivity contribution is -0.966. The largest absolute Gasteiger partial charge is 1.00 e. The number of rotatable bonds is 23. The fourth-order valence-corrected chi connectivity index (χ4v) is 6.31. The molecule has 0 atom stereocenters. The van der Waals surface area contributed by atoms with Crippen LogP contribution in [0, 0.1) is 0 Å². The first-order chi connectivity index (χ1) is 19.8. The van der Waals surface area contributed by atoms with Gasteiger partial charge in [-0.3, -0.25) is 0 Å². The minimum absolute atomic E-state index is 0. The van der Waals surface area contributed by atoms with Gasteiger partial charge in [0.25, 0.3) is 0 Å². The maximum atomic E-state index is 2.32. The van der Waals surface area contributed by atoms with Crippen molar-refractivity contribution in [1.82, 2.24) is 0 Å². The van der Waals surface area contributed by atoms with Gasteiger partial charge in [-0.25, -0.2) is 0 Å². The van der Waals surface area contributed by atoms with Gasteiger partial charge in [0.05, 0.1) is 6.54 Å². The normalized spacial score (nSPS) is 11.3. The van der Waals surface area contributed by atoms with Crippen LogP contribution >= 0.6 is 0 Å². The lowest BCUT2D eigenvalue weighted by atomic mass is 10.0. The third-order valence-corrected chi connectivity index (χ3v) is 8.57. The van der Waals surface area contributed by atoms with E-state index < -0.39 is 0 Å². The van der Waals surface area contributed by atoms with E-state index in [9.17, 15) is 0 Å². The fourth-order valence-electron chi connectivity index (χ4n) is 6.31. The van der Waals surface area contributed by atoms with Crippen LogP contribution in [-0.2, 0) is 19.6 Å². The smallest absolute Gasteiger partial charge is 0.105 e. The Morgan fingerprint density at radius 1 is 0.366 bits per heavy atom. The Bertz CT molecular complexity index is 871. The van der Waals surface area contributed by atoms with Crippen molar-refractivity contribution in [3.8, 4) is 0 Å². The highest BCUT2D eigenvalue weighted by Gasteiger charge is 2.28. The zero-order valence-corrected chi connectivity index (χ0v) is 28.3. The summed E-state index contributed by atoms with van der Waals surface area (Å²) in [6, 6.07) is 33.5. The van der Waals surface area contributed by atoms with Crippen molar-refractivity contribution in [3.05, 3.63) is 108 Å². The van der Waals surface area contributed by atoms with Crippen molar-refractivity contribution in [2.24, 2.45) is 0 Å². The van der Waals surface area contributed by atoms with Gasteiger partial charge in [0.1, 0.15) is 19.6 Å². The van der Waals surface area contributed by atoms with Crippen molar-refractivity contribution in [2.75, 3.05) is 6.54 Å². The van der Waals surface area contributed by atoms with Gasteiger partial charge in [-0.1, -0.05) is 188 Å². The van der Waals surface area contributed by atoms with E-state index in [0.717, 1.165) is 24.1 Å². The van der Waals surface area contributed by atoms with Gasteiger partial charge in [-0.2, -0.15) is 0 Å². The van der Waals surface area contributed by atoms with E-state index in [1.54, 1.807) is 0 Å². The lowest BCUT2D eigenvalue weighted by Gasteiger charge is -2.39. The fraction of sp³-hybridized carbons (Fsp3) is 0.538. The number of nitrogens with zero attached hydrogens (tertiary/aromatic N) is 1. The minimum Gasteiger partial charge on any atom is -1.00 e. The van der Waals surface area contributed by atoms with Gasteiger partial charge in [-0.05, 0) is 12.8 Å². The van der Waals surface area contributed by atoms with Crippen molar-refractivity contribution < 1.29 is 28.5 Å². The SMILES string of the molecule is CCCCCCCCCCCCCCCCCC[N+](Cc1ccccc1)(Cc1ccccc1)Cc1ccccc1.[I-]. The van der Waals surface area contributed by atoms with Crippen molar-refractivity contribution in [2.45, 2.75) is 129 Å². The number of quaternary nitrogens is 1. The lowest BCUT2D eigenvalue weighted by Crippen LogP contribution is -3.00. The van der Waals surface area contributed by atoms with E-state index in [2.05, 4.69) is 97.9 Å². The number of benzene rings is 3. The van der Waals surface area contributed by atoms with Gasteiger partial charge >= 0.3 is 0 Å². The van der Waals surface area contributed by atoms with Crippen LogP contribution in [0.2, 0.25) is 0 Å². The van der Waals surface area contributed by atoms with E-state index in [1.807, 2.05) is 0 Å². The maximum absolute atomic E-state index is 2.32. The van der Waals surface area contributed by atoms with Crippen LogP contribution in [0.15, 0.2) is 91.0 Å². The average molecular weight is 668 g/mol. The molecule has 226 valence electrons. The summed E-state index contributed by atoms with van der Waals surface area (Å²) in [7, 11) is 0. The molecule has 0 radical (unpaired) electrons. The molecule has 2 heteroatoms. The Labute approximate surface area is 270 Å². The predicted octanol–water partition coefficient (Wildman–Crippen LogP) is 8.67. The molecular weight excluding hydrogens is 609 g/mol. The zero-order chi connectivity index (χ0) is 28.0. The summed E-state index contributed by atoms with van der Waals surface area (Å²) in [6.07, 6.45) is 22.8. The average Bonchev–Trinajstić information content (AvgIpc) is 2.98. The van der Waals surface area contributed by atoms with Crippen molar-refractivity contribution in [1.29, 1.82) is 0 Å². The summed E-state index contributed by atoms with van der Waals surface area (Å²) in [5.74, 6) is 0. The summed E-state index contributed by atoms with van der Waals surface area (Å²) in [6.45, 7) is 6.80. The molecule has 3 aromatic carbocycles. The van der Waals surface area contributed by atoms with Crippen LogP contribution in [0.3, 0.4) is 0 Å². The summed E-state index contributed by atoms with van der Waals surface area (Å²) in [4.78, 5) is 0. The van der Waals surface area contributed by atoms with Crippen molar-refractivity contribution >= 4 is 0 Å². The summed E-state index contributed by atoms with van der Waals surface area (Å²) in [5, 5.41) is 0. The van der Waals surface area contributed by atoms with Crippen molar-refractivity contribution in [3.63, 3.8) is 0 Å². The number of unbranched alkanes of at least 4 members (excludes halogenated alkanes) is 15. The Morgan fingerprint density at radius 3 is 0.927 bits per heavy atom. The van der Waals surface area contributed by atoms with Gasteiger partial charge in [-0.15, -0.1) is 0 Å². The first-order valence-electron chi connectivity index (χ1n) is 16.8. The third-order valence-electron chi connectivity index (χ3n) is 8.57. The Morgan fingerprint density at radius 2 is 0.634 bits per heavy atom. The van der Waals surface area contributed by atoms with Gasteiger partial charge < -0.3 is 28.5 Å². The molecule has 3 rings (SSSR count). The molecule has 0 aliphatic heterocycles. The highest BCUT2D eigenvalue weighted by Crippen LogP contribution is 2.26. The summed E-state index contributed by atoms with van der Waals surface area (Å²) in [5.41, 5.74) is 4.35. The molecule has 0 unspecified atom stereocenters. The Kier molecular flexibility index (Phi) is 19.8. The minimum atomic E-state index is 0. The molecule has 0 aliphatic carbocycles. The molecule has 3 aromatic rings. The van der Waals surface area contributed by atoms with Gasteiger partial charge in [0.15, 0.2) is 0 Å². The van der Waals surface area contributed by atoms with Gasteiger partial charge in [0, 0.05) is 16.7 Å². The Hall–Kier alpha value is -1.65.